The first-order valence-corrected chi connectivity index (χ1v) is 7.18. The van der Waals surface area contributed by atoms with Crippen LogP contribution in [0.25, 0.3) is 17.2 Å². The molecule has 0 aromatic heterocycles. The van der Waals surface area contributed by atoms with Gasteiger partial charge in [-0.25, -0.2) is 0 Å². The van der Waals surface area contributed by atoms with Crippen molar-refractivity contribution in [2.75, 3.05) is 0 Å². The van der Waals surface area contributed by atoms with Crippen LogP contribution in [0.1, 0.15) is 17.5 Å². The maximum absolute atomic E-state index is 2.42. The summed E-state index contributed by atoms with van der Waals surface area (Å²) in [5.41, 5.74) is 5.84. The van der Waals surface area contributed by atoms with Crippen molar-refractivity contribution in [1.29, 1.82) is 0 Å². The highest BCUT2D eigenvalue weighted by Gasteiger charge is 2.41. The molecule has 0 saturated heterocycles. The molecule has 1 unspecified atom stereocenters. The molecule has 1 spiro atoms. The fourth-order valence-electron chi connectivity index (χ4n) is 4.06. The van der Waals surface area contributed by atoms with Crippen molar-refractivity contribution in [3.8, 4) is 0 Å². The van der Waals surface area contributed by atoms with Crippen molar-refractivity contribution in [1.82, 2.24) is 0 Å². The molecule has 5 rings (SSSR count). The predicted octanol–water partition coefficient (Wildman–Crippen LogP) is 2.93. The van der Waals surface area contributed by atoms with E-state index in [2.05, 4.69) is 72.8 Å². The van der Waals surface area contributed by atoms with E-state index in [1.807, 2.05) is 0 Å². The Morgan fingerprint density at radius 2 is 1.55 bits per heavy atom. The van der Waals surface area contributed by atoms with E-state index in [1.165, 1.54) is 32.7 Å². The van der Waals surface area contributed by atoms with E-state index in [9.17, 15) is 0 Å². The Morgan fingerprint density at radius 1 is 0.750 bits per heavy atom. The van der Waals surface area contributed by atoms with Crippen molar-refractivity contribution < 1.29 is 0 Å². The van der Waals surface area contributed by atoms with E-state index in [0.29, 0.717) is 0 Å². The molecule has 1 atom stereocenters. The normalized spacial score (nSPS) is 24.4. The quantitative estimate of drug-likeness (QED) is 0.678. The molecular weight excluding hydrogens is 240 g/mol. The lowest BCUT2D eigenvalue weighted by Gasteiger charge is -2.36. The van der Waals surface area contributed by atoms with Crippen LogP contribution in [0.3, 0.4) is 0 Å². The predicted molar refractivity (Wildman–Crippen MR) is 83.4 cm³/mol. The van der Waals surface area contributed by atoms with Gasteiger partial charge in [0.05, 0.1) is 0 Å². The SMILES string of the molecule is C1=CC23CC1=c1ccccc1=C2C=Cc1ccccc13. The molecule has 2 aromatic carbocycles. The first-order valence-electron chi connectivity index (χ1n) is 7.18. The van der Waals surface area contributed by atoms with E-state index in [-0.39, 0.29) is 5.41 Å². The molecule has 0 saturated carbocycles. The van der Waals surface area contributed by atoms with Crippen LogP contribution in [-0.4, -0.2) is 0 Å². The molecule has 3 aliphatic carbocycles. The van der Waals surface area contributed by atoms with Gasteiger partial charge in [-0.2, -0.15) is 0 Å². The van der Waals surface area contributed by atoms with Crippen molar-refractivity contribution in [2.45, 2.75) is 11.8 Å². The molecule has 2 aromatic rings. The van der Waals surface area contributed by atoms with Gasteiger partial charge in [0.15, 0.2) is 0 Å². The molecule has 0 heteroatoms. The first kappa shape index (κ1) is 10.4. The summed E-state index contributed by atoms with van der Waals surface area (Å²) in [5, 5.41) is 2.82. The Kier molecular flexibility index (Phi) is 1.78. The molecule has 0 amide bonds. The summed E-state index contributed by atoms with van der Waals surface area (Å²) in [6.45, 7) is 0. The first-order chi connectivity index (χ1) is 9.88. The van der Waals surface area contributed by atoms with Crippen LogP contribution >= 0.6 is 0 Å². The summed E-state index contributed by atoms with van der Waals surface area (Å²) in [4.78, 5) is 0. The zero-order valence-corrected chi connectivity index (χ0v) is 11.1. The minimum Gasteiger partial charge on any atom is -0.0689 e. The molecule has 3 aliphatic rings. The highest BCUT2D eigenvalue weighted by atomic mass is 14.4. The van der Waals surface area contributed by atoms with Crippen LogP contribution in [0, 0.1) is 0 Å². The highest BCUT2D eigenvalue weighted by Crippen LogP contribution is 2.50. The van der Waals surface area contributed by atoms with Gasteiger partial charge in [-0.3, -0.25) is 0 Å². The fraction of sp³-hybridized carbons (Fsp3) is 0.100. The van der Waals surface area contributed by atoms with Crippen LogP contribution < -0.4 is 10.4 Å². The number of allylic oxidation sites excluding steroid dienone is 3. The Balaban J connectivity index is 2.01. The van der Waals surface area contributed by atoms with Gasteiger partial charge in [0, 0.05) is 5.41 Å². The Bertz CT molecular complexity index is 925. The second-order valence-corrected chi connectivity index (χ2v) is 5.89. The summed E-state index contributed by atoms with van der Waals surface area (Å²) >= 11 is 0. The third kappa shape index (κ3) is 1.09. The number of hydrogen-bond acceptors (Lipinski definition) is 0. The van der Waals surface area contributed by atoms with Gasteiger partial charge < -0.3 is 0 Å². The van der Waals surface area contributed by atoms with E-state index >= 15 is 0 Å². The molecule has 0 nitrogen and oxygen atoms in total. The van der Waals surface area contributed by atoms with Gasteiger partial charge in [-0.15, -0.1) is 0 Å². The van der Waals surface area contributed by atoms with Crippen LogP contribution in [-0.2, 0) is 5.41 Å². The van der Waals surface area contributed by atoms with Gasteiger partial charge >= 0.3 is 0 Å². The van der Waals surface area contributed by atoms with E-state index in [1.54, 1.807) is 0 Å². The minimum absolute atomic E-state index is 0.0784. The molecule has 94 valence electrons. The maximum Gasteiger partial charge on any atom is 0.0437 e. The molecule has 0 radical (unpaired) electrons. The third-order valence-corrected chi connectivity index (χ3v) is 4.95. The molecular formula is C20H14. The smallest absolute Gasteiger partial charge is 0.0437 e. The van der Waals surface area contributed by atoms with Gasteiger partial charge in [0.1, 0.15) is 0 Å². The summed E-state index contributed by atoms with van der Waals surface area (Å²) in [6.07, 6.45) is 10.5. The lowest BCUT2D eigenvalue weighted by atomic mass is 9.66. The van der Waals surface area contributed by atoms with Gasteiger partial charge in [0.2, 0.25) is 0 Å². The number of rotatable bonds is 0. The molecule has 2 bridgehead atoms. The molecule has 0 N–H and O–H groups in total. The van der Waals surface area contributed by atoms with Crippen molar-refractivity contribution >= 4 is 17.2 Å². The van der Waals surface area contributed by atoms with E-state index < -0.39 is 0 Å². The second-order valence-electron chi connectivity index (χ2n) is 5.89. The van der Waals surface area contributed by atoms with Crippen LogP contribution in [0.15, 0.2) is 66.8 Å². The lowest BCUT2D eigenvalue weighted by molar-refractivity contribution is 0.722. The van der Waals surface area contributed by atoms with Crippen molar-refractivity contribution in [3.63, 3.8) is 0 Å². The highest BCUT2D eigenvalue weighted by molar-refractivity contribution is 5.90. The summed E-state index contributed by atoms with van der Waals surface area (Å²) in [5.74, 6) is 0. The summed E-state index contributed by atoms with van der Waals surface area (Å²) in [6, 6.07) is 17.6. The molecule has 20 heavy (non-hydrogen) atoms. The summed E-state index contributed by atoms with van der Waals surface area (Å²) < 4.78 is 0. The Hall–Kier alpha value is -2.34. The van der Waals surface area contributed by atoms with Gasteiger partial charge in [0.25, 0.3) is 0 Å². The van der Waals surface area contributed by atoms with Crippen LogP contribution in [0.2, 0.25) is 0 Å². The van der Waals surface area contributed by atoms with Gasteiger partial charge in [-0.1, -0.05) is 72.8 Å². The number of benzene rings is 2. The number of hydrogen-bond donors (Lipinski definition) is 0. The fourth-order valence-corrected chi connectivity index (χ4v) is 4.06. The molecule has 0 heterocycles. The largest absolute Gasteiger partial charge is 0.0689 e. The van der Waals surface area contributed by atoms with E-state index in [4.69, 9.17) is 0 Å². The standard InChI is InChI=1S/C20H14/c1-4-8-18-14(5-1)9-10-19-17-7-3-2-6-16(17)15-11-12-20(18,19)13-15/h1-12H,13H2. The average Bonchev–Trinajstić information content (AvgIpc) is 2.89. The zero-order chi connectivity index (χ0) is 13.2. The monoisotopic (exact) mass is 254 g/mol. The van der Waals surface area contributed by atoms with Crippen LogP contribution in [0.4, 0.5) is 0 Å². The topological polar surface area (TPSA) is 0 Å². The van der Waals surface area contributed by atoms with Crippen LogP contribution in [0.5, 0.6) is 0 Å². The maximum atomic E-state index is 2.42. The average molecular weight is 254 g/mol. The Morgan fingerprint density at radius 3 is 2.50 bits per heavy atom. The lowest BCUT2D eigenvalue weighted by Crippen LogP contribution is -2.40. The molecule has 0 aliphatic heterocycles. The van der Waals surface area contributed by atoms with E-state index in [0.717, 1.165) is 6.42 Å². The number of fused-ring (bicyclic) bond motifs is 3. The van der Waals surface area contributed by atoms with Gasteiger partial charge in [-0.05, 0) is 39.1 Å². The second kappa shape index (κ2) is 3.40. The van der Waals surface area contributed by atoms with Crippen molar-refractivity contribution in [3.05, 3.63) is 88.3 Å². The summed E-state index contributed by atoms with van der Waals surface area (Å²) in [7, 11) is 0. The zero-order valence-electron chi connectivity index (χ0n) is 11.1. The Labute approximate surface area is 118 Å². The minimum atomic E-state index is 0.0784. The third-order valence-electron chi connectivity index (χ3n) is 4.95. The molecule has 0 fully saturated rings. The van der Waals surface area contributed by atoms with Crippen molar-refractivity contribution in [2.24, 2.45) is 0 Å².